The average Bonchev–Trinajstić information content (AvgIpc) is 2.47. The molecule has 110 valence electrons. The second kappa shape index (κ2) is 7.06. The molecule has 0 radical (unpaired) electrons. The SMILES string of the molecule is NCc1cc(F)cc(OCC(=O)Nc2ccc(Cl)cc2)c1. The first-order chi connectivity index (χ1) is 10.1. The van der Waals surface area contributed by atoms with Gasteiger partial charge in [-0.15, -0.1) is 0 Å². The fraction of sp³-hybridized carbons (Fsp3) is 0.133. The maximum atomic E-state index is 13.3. The minimum Gasteiger partial charge on any atom is -0.484 e. The standard InChI is InChI=1S/C15H14ClFN2O2/c16-11-1-3-13(4-2-11)19-15(20)9-21-14-6-10(8-18)5-12(17)7-14/h1-7H,8-9,18H2,(H,19,20). The smallest absolute Gasteiger partial charge is 0.262 e. The molecule has 2 rings (SSSR count). The van der Waals surface area contributed by atoms with Crippen LogP contribution in [0.2, 0.25) is 5.02 Å². The largest absolute Gasteiger partial charge is 0.484 e. The first-order valence-corrected chi connectivity index (χ1v) is 6.62. The van der Waals surface area contributed by atoms with Crippen molar-refractivity contribution in [3.05, 3.63) is 58.9 Å². The third-order valence-corrected chi connectivity index (χ3v) is 2.92. The number of anilines is 1. The van der Waals surface area contributed by atoms with Crippen molar-refractivity contribution < 1.29 is 13.9 Å². The monoisotopic (exact) mass is 308 g/mol. The number of ether oxygens (including phenoxy) is 1. The van der Waals surface area contributed by atoms with Gasteiger partial charge >= 0.3 is 0 Å². The Morgan fingerprint density at radius 3 is 2.62 bits per heavy atom. The minimum absolute atomic E-state index is 0.199. The van der Waals surface area contributed by atoms with Crippen LogP contribution in [0.15, 0.2) is 42.5 Å². The van der Waals surface area contributed by atoms with Crippen LogP contribution in [-0.2, 0) is 11.3 Å². The zero-order valence-corrected chi connectivity index (χ0v) is 11.9. The lowest BCUT2D eigenvalue weighted by atomic mass is 10.2. The number of nitrogens with two attached hydrogens (primary N) is 1. The van der Waals surface area contributed by atoms with Gasteiger partial charge in [-0.05, 0) is 42.0 Å². The Morgan fingerprint density at radius 1 is 1.24 bits per heavy atom. The van der Waals surface area contributed by atoms with E-state index in [1.165, 1.54) is 12.1 Å². The number of carbonyl (C=O) groups excluding carboxylic acids is 1. The summed E-state index contributed by atoms with van der Waals surface area (Å²) in [5.74, 6) is -0.538. The molecule has 0 unspecified atom stereocenters. The molecule has 0 spiro atoms. The van der Waals surface area contributed by atoms with Crippen molar-refractivity contribution in [1.29, 1.82) is 0 Å². The normalized spacial score (nSPS) is 10.2. The van der Waals surface area contributed by atoms with Crippen LogP contribution in [0.1, 0.15) is 5.56 Å². The third-order valence-electron chi connectivity index (χ3n) is 2.66. The van der Waals surface area contributed by atoms with Gasteiger partial charge in [-0.25, -0.2) is 4.39 Å². The van der Waals surface area contributed by atoms with E-state index in [2.05, 4.69) is 5.32 Å². The van der Waals surface area contributed by atoms with Crippen molar-refractivity contribution in [3.63, 3.8) is 0 Å². The molecule has 0 saturated heterocycles. The quantitative estimate of drug-likeness (QED) is 0.892. The highest BCUT2D eigenvalue weighted by Crippen LogP contribution is 2.17. The molecule has 0 fully saturated rings. The summed E-state index contributed by atoms with van der Waals surface area (Å²) >= 11 is 5.75. The van der Waals surface area contributed by atoms with E-state index in [4.69, 9.17) is 22.1 Å². The van der Waals surface area contributed by atoms with Crippen LogP contribution in [0.4, 0.5) is 10.1 Å². The number of rotatable bonds is 5. The second-order valence-corrected chi connectivity index (χ2v) is 4.78. The highest BCUT2D eigenvalue weighted by Gasteiger charge is 2.06. The van der Waals surface area contributed by atoms with Gasteiger partial charge in [-0.1, -0.05) is 11.6 Å². The Bertz CT molecular complexity index is 632. The zero-order valence-electron chi connectivity index (χ0n) is 11.1. The molecule has 2 aromatic carbocycles. The van der Waals surface area contributed by atoms with Gasteiger partial charge in [0.1, 0.15) is 11.6 Å². The number of hydrogen-bond donors (Lipinski definition) is 2. The first kappa shape index (κ1) is 15.3. The van der Waals surface area contributed by atoms with E-state index < -0.39 is 5.82 Å². The van der Waals surface area contributed by atoms with Crippen molar-refractivity contribution in [2.45, 2.75) is 6.54 Å². The van der Waals surface area contributed by atoms with Gasteiger partial charge in [0, 0.05) is 23.3 Å². The van der Waals surface area contributed by atoms with E-state index in [0.717, 1.165) is 0 Å². The Kier molecular flexibility index (Phi) is 5.14. The van der Waals surface area contributed by atoms with Crippen molar-refractivity contribution in [3.8, 4) is 5.75 Å². The van der Waals surface area contributed by atoms with E-state index >= 15 is 0 Å². The Hall–Kier alpha value is -2.11. The number of nitrogens with one attached hydrogen (secondary N) is 1. The lowest BCUT2D eigenvalue weighted by molar-refractivity contribution is -0.118. The van der Waals surface area contributed by atoms with Gasteiger partial charge in [0.15, 0.2) is 6.61 Å². The maximum Gasteiger partial charge on any atom is 0.262 e. The second-order valence-electron chi connectivity index (χ2n) is 4.34. The van der Waals surface area contributed by atoms with Crippen molar-refractivity contribution in [1.82, 2.24) is 0 Å². The van der Waals surface area contributed by atoms with Crippen LogP contribution in [0.25, 0.3) is 0 Å². The molecular weight excluding hydrogens is 295 g/mol. The molecule has 0 aromatic heterocycles. The predicted octanol–water partition coefficient (Wildman–Crippen LogP) is 2.96. The molecule has 0 heterocycles. The Balaban J connectivity index is 1.92. The summed E-state index contributed by atoms with van der Waals surface area (Å²) in [4.78, 5) is 11.7. The van der Waals surface area contributed by atoms with Gasteiger partial charge in [0.2, 0.25) is 0 Å². The molecule has 0 bridgehead atoms. The number of hydrogen-bond acceptors (Lipinski definition) is 3. The molecule has 4 nitrogen and oxygen atoms in total. The van der Waals surface area contributed by atoms with Crippen LogP contribution in [-0.4, -0.2) is 12.5 Å². The van der Waals surface area contributed by atoms with E-state index in [1.54, 1.807) is 30.3 Å². The molecule has 0 saturated carbocycles. The molecule has 2 aromatic rings. The van der Waals surface area contributed by atoms with Gasteiger partial charge < -0.3 is 15.8 Å². The van der Waals surface area contributed by atoms with E-state index in [1.807, 2.05) is 0 Å². The third kappa shape index (κ3) is 4.73. The summed E-state index contributed by atoms with van der Waals surface area (Å²) < 4.78 is 18.5. The average molecular weight is 309 g/mol. The van der Waals surface area contributed by atoms with E-state index in [-0.39, 0.29) is 24.8 Å². The molecule has 1 amide bonds. The summed E-state index contributed by atoms with van der Waals surface area (Å²) in [5.41, 5.74) is 6.65. The molecule has 0 aliphatic rings. The molecule has 0 aliphatic carbocycles. The maximum absolute atomic E-state index is 13.3. The molecule has 3 N–H and O–H groups in total. The number of benzene rings is 2. The number of carbonyl (C=O) groups is 1. The fourth-order valence-electron chi connectivity index (χ4n) is 1.70. The summed E-state index contributed by atoms with van der Waals surface area (Å²) in [7, 11) is 0. The zero-order chi connectivity index (χ0) is 15.2. The Morgan fingerprint density at radius 2 is 1.95 bits per heavy atom. The molecule has 21 heavy (non-hydrogen) atoms. The first-order valence-electron chi connectivity index (χ1n) is 6.24. The van der Waals surface area contributed by atoms with Gasteiger partial charge in [0.25, 0.3) is 5.91 Å². The van der Waals surface area contributed by atoms with E-state index in [9.17, 15) is 9.18 Å². The van der Waals surface area contributed by atoms with Gasteiger partial charge in [-0.3, -0.25) is 4.79 Å². The van der Waals surface area contributed by atoms with E-state index in [0.29, 0.717) is 16.3 Å². The molecule has 6 heteroatoms. The number of halogens is 2. The van der Waals surface area contributed by atoms with Crippen molar-refractivity contribution >= 4 is 23.2 Å². The van der Waals surface area contributed by atoms with Crippen LogP contribution in [0.5, 0.6) is 5.75 Å². The predicted molar refractivity (Wildman–Crippen MR) is 79.9 cm³/mol. The highest BCUT2D eigenvalue weighted by atomic mass is 35.5. The molecule has 0 atom stereocenters. The van der Waals surface area contributed by atoms with Crippen LogP contribution in [0, 0.1) is 5.82 Å². The topological polar surface area (TPSA) is 64.3 Å². The lowest BCUT2D eigenvalue weighted by Crippen LogP contribution is -2.20. The fourth-order valence-corrected chi connectivity index (χ4v) is 1.83. The van der Waals surface area contributed by atoms with Gasteiger partial charge in [0.05, 0.1) is 0 Å². The summed E-state index contributed by atoms with van der Waals surface area (Å²) in [5, 5.41) is 3.22. The summed E-state index contributed by atoms with van der Waals surface area (Å²) in [6.45, 7) is -0.0266. The van der Waals surface area contributed by atoms with Crippen LogP contribution in [0.3, 0.4) is 0 Å². The van der Waals surface area contributed by atoms with Gasteiger partial charge in [-0.2, -0.15) is 0 Å². The van der Waals surface area contributed by atoms with Crippen LogP contribution >= 0.6 is 11.6 Å². The molecule has 0 aliphatic heterocycles. The Labute approximate surface area is 126 Å². The number of amides is 1. The highest BCUT2D eigenvalue weighted by molar-refractivity contribution is 6.30. The van der Waals surface area contributed by atoms with Crippen molar-refractivity contribution in [2.75, 3.05) is 11.9 Å². The van der Waals surface area contributed by atoms with Crippen molar-refractivity contribution in [2.24, 2.45) is 5.73 Å². The summed E-state index contributed by atoms with van der Waals surface area (Å²) in [6, 6.07) is 10.8. The molecular formula is C15H14ClFN2O2. The minimum atomic E-state index is -0.453. The lowest BCUT2D eigenvalue weighted by Gasteiger charge is -2.09. The summed E-state index contributed by atoms with van der Waals surface area (Å²) in [6.07, 6.45) is 0. The van der Waals surface area contributed by atoms with Crippen LogP contribution < -0.4 is 15.8 Å².